The number of halogens is 4. The maximum absolute atomic E-state index is 13.2. The number of rotatable bonds is 8. The van der Waals surface area contributed by atoms with E-state index in [0.29, 0.717) is 37.3 Å². The first kappa shape index (κ1) is 30.5. The van der Waals surface area contributed by atoms with Gasteiger partial charge in [-0.1, -0.05) is 18.2 Å². The molecule has 2 aromatic heterocycles. The number of fused-ring (bicyclic) bond motifs is 2. The molecular weight excluding hydrogens is 714 g/mol. The number of nitrogens with zero attached hydrogens (tertiary/aromatic N) is 4. The summed E-state index contributed by atoms with van der Waals surface area (Å²) in [6.07, 6.45) is -3.55. The fourth-order valence-corrected chi connectivity index (χ4v) is 4.09. The van der Waals surface area contributed by atoms with Crippen LogP contribution in [0.4, 0.5) is 13.2 Å². The molecule has 0 saturated carbocycles. The van der Waals surface area contributed by atoms with Crippen LogP contribution in [0.5, 0.6) is 0 Å². The predicted octanol–water partition coefficient (Wildman–Crippen LogP) is 2.78. The fraction of sp³-hybridized carbons (Fsp3) is 0.348. The van der Waals surface area contributed by atoms with Crippen molar-refractivity contribution in [3.8, 4) is 0 Å². The Labute approximate surface area is 245 Å². The number of unbranched alkanes of at least 4 members (excludes halogenated alkanes) is 1. The molecule has 191 valence electrons. The van der Waals surface area contributed by atoms with Gasteiger partial charge in [-0.25, -0.2) is 9.78 Å². The van der Waals surface area contributed by atoms with Crippen molar-refractivity contribution in [2.75, 3.05) is 6.61 Å². The van der Waals surface area contributed by atoms with Crippen LogP contribution in [0.15, 0.2) is 52.1 Å². The molecule has 4 aromatic rings. The van der Waals surface area contributed by atoms with E-state index >= 15 is 0 Å². The molecule has 0 spiro atoms. The van der Waals surface area contributed by atoms with E-state index in [9.17, 15) is 27.9 Å². The van der Waals surface area contributed by atoms with Crippen LogP contribution in [0.2, 0.25) is 0 Å². The summed E-state index contributed by atoms with van der Waals surface area (Å²) in [4.78, 5) is 30.4. The number of aryl methyl sites for hydroxylation is 1. The predicted molar refractivity (Wildman–Crippen MR) is 129 cm³/mol. The number of aliphatic hydroxyl groups is 1. The van der Waals surface area contributed by atoms with Crippen molar-refractivity contribution in [3.63, 3.8) is 0 Å². The summed E-state index contributed by atoms with van der Waals surface area (Å²) in [6.45, 7) is -0.990. The van der Waals surface area contributed by atoms with E-state index in [1.165, 1.54) is 18.2 Å². The molecule has 8 nitrogen and oxygen atoms in total. The number of imidazole rings is 1. The van der Waals surface area contributed by atoms with E-state index in [1.807, 2.05) is 22.8 Å². The first-order valence-corrected chi connectivity index (χ1v) is 10.8. The number of para-hydroxylation sites is 1. The summed E-state index contributed by atoms with van der Waals surface area (Å²) in [5.41, 5.74) is 6.21. The molecule has 0 unspecified atom stereocenters. The Morgan fingerprint density at radius 3 is 2.36 bits per heavy atom. The van der Waals surface area contributed by atoms with E-state index in [4.69, 9.17) is 5.73 Å². The molecule has 0 atom stereocenters. The quantitative estimate of drug-likeness (QED) is 0.271. The zero-order chi connectivity index (χ0) is 24.5. The minimum absolute atomic E-state index is 0. The Bertz CT molecular complexity index is 1470. The molecule has 36 heavy (non-hydrogen) atoms. The van der Waals surface area contributed by atoms with Crippen LogP contribution in [0, 0.1) is 44.1 Å². The molecule has 0 aliphatic carbocycles. The van der Waals surface area contributed by atoms with Crippen molar-refractivity contribution in [3.05, 3.63) is 74.7 Å². The Balaban J connectivity index is 0.00000228. The number of hydrogen-bond donors (Lipinski definition) is 2. The average molecular weight is 739 g/mol. The van der Waals surface area contributed by atoms with Gasteiger partial charge in [-0.3, -0.25) is 13.9 Å². The molecule has 0 saturated heterocycles. The van der Waals surface area contributed by atoms with E-state index < -0.39 is 24.0 Å². The molecule has 0 fully saturated rings. The third kappa shape index (κ3) is 6.40. The van der Waals surface area contributed by atoms with Gasteiger partial charge in [-0.2, -0.15) is 13.2 Å². The monoisotopic (exact) mass is 738 g/mol. The zero-order valence-corrected chi connectivity index (χ0v) is 24.8. The van der Waals surface area contributed by atoms with Crippen molar-refractivity contribution in [2.45, 2.75) is 45.2 Å². The van der Waals surface area contributed by atoms with Gasteiger partial charge in [0, 0.05) is 63.8 Å². The molecule has 3 N–H and O–H groups in total. The average Bonchev–Trinajstić information content (AvgIpc) is 3.15. The number of hydrogen-bond acceptors (Lipinski definition) is 5. The zero-order valence-electron chi connectivity index (χ0n) is 19.2. The standard InChI is InChI=1S/C23H24F3N5O3.Ac.ClH/c24-23(25,26)14-31-21(33)16-5-1-2-6-18(16)30(22(31)34)13-20-28-17-11-15(12-27)7-8-19(17)29(20)9-3-4-10-32;;/h1-2,5-8,11,32H,3-4,9-10,12-14,27H2;;1H. The molecule has 2 aromatic carbocycles. The second-order valence-corrected chi connectivity index (χ2v) is 8.03. The smallest absolute Gasteiger partial charge is 0.396 e. The molecular formula is C23H25AcClF3N5O3. The molecule has 4 rings (SSSR count). The maximum Gasteiger partial charge on any atom is 0.406 e. The number of aromatic nitrogens is 4. The summed E-state index contributed by atoms with van der Waals surface area (Å²) in [5.74, 6) is 0.451. The van der Waals surface area contributed by atoms with Crippen molar-refractivity contribution in [1.82, 2.24) is 18.7 Å². The molecule has 13 heteroatoms. The van der Waals surface area contributed by atoms with Crippen LogP contribution in [-0.2, 0) is 26.2 Å². The third-order valence-corrected chi connectivity index (χ3v) is 5.69. The summed E-state index contributed by atoms with van der Waals surface area (Å²) >= 11 is 0. The van der Waals surface area contributed by atoms with Gasteiger partial charge in [0.05, 0.1) is 28.5 Å². The summed E-state index contributed by atoms with van der Waals surface area (Å²) in [6, 6.07) is 11.6. The van der Waals surface area contributed by atoms with Gasteiger partial charge in [-0.15, -0.1) is 12.4 Å². The molecule has 0 aliphatic heterocycles. The largest absolute Gasteiger partial charge is 0.406 e. The van der Waals surface area contributed by atoms with Crippen LogP contribution < -0.4 is 17.0 Å². The fourth-order valence-electron chi connectivity index (χ4n) is 4.09. The van der Waals surface area contributed by atoms with Crippen LogP contribution in [0.3, 0.4) is 0 Å². The molecule has 0 amide bonds. The van der Waals surface area contributed by atoms with E-state index in [-0.39, 0.29) is 85.1 Å². The molecule has 0 aliphatic rings. The van der Waals surface area contributed by atoms with Crippen molar-refractivity contribution >= 4 is 34.3 Å². The van der Waals surface area contributed by atoms with Gasteiger partial charge < -0.3 is 15.4 Å². The Kier molecular flexibility index (Phi) is 10.8. The van der Waals surface area contributed by atoms with Crippen LogP contribution in [0.1, 0.15) is 24.2 Å². The van der Waals surface area contributed by atoms with Crippen molar-refractivity contribution in [1.29, 1.82) is 0 Å². The number of nitrogens with two attached hydrogens (primary N) is 1. The normalized spacial score (nSPS) is 11.5. The molecule has 0 bridgehead atoms. The number of aliphatic hydroxyl groups excluding tert-OH is 1. The minimum atomic E-state index is -4.74. The van der Waals surface area contributed by atoms with Crippen LogP contribution in [-0.4, -0.2) is 36.6 Å². The van der Waals surface area contributed by atoms with Gasteiger partial charge in [0.1, 0.15) is 12.4 Å². The van der Waals surface area contributed by atoms with Crippen LogP contribution in [0.25, 0.3) is 21.9 Å². The first-order chi connectivity index (χ1) is 16.2. The van der Waals surface area contributed by atoms with Crippen molar-refractivity contribution < 1.29 is 62.3 Å². The second-order valence-electron chi connectivity index (χ2n) is 8.03. The number of benzene rings is 2. The van der Waals surface area contributed by atoms with Gasteiger partial charge in [0.25, 0.3) is 5.56 Å². The molecule has 1 radical (unpaired) electrons. The summed E-state index contributed by atoms with van der Waals surface area (Å²) < 4.78 is 42.7. The summed E-state index contributed by atoms with van der Waals surface area (Å²) in [7, 11) is 0. The first-order valence-electron chi connectivity index (χ1n) is 10.8. The number of alkyl halides is 3. The second kappa shape index (κ2) is 12.7. The van der Waals surface area contributed by atoms with E-state index in [0.717, 1.165) is 15.6 Å². The van der Waals surface area contributed by atoms with Gasteiger partial charge >= 0.3 is 11.9 Å². The van der Waals surface area contributed by atoms with Crippen LogP contribution >= 0.6 is 12.4 Å². The van der Waals surface area contributed by atoms with Gasteiger partial charge in [0.2, 0.25) is 0 Å². The molecule has 2 heterocycles. The Morgan fingerprint density at radius 2 is 1.69 bits per heavy atom. The Hall–Kier alpha value is -1.71. The topological polar surface area (TPSA) is 108 Å². The van der Waals surface area contributed by atoms with Gasteiger partial charge in [0.15, 0.2) is 0 Å². The van der Waals surface area contributed by atoms with E-state index in [2.05, 4.69) is 4.98 Å². The Morgan fingerprint density at radius 1 is 0.972 bits per heavy atom. The maximum atomic E-state index is 13.2. The SMILES string of the molecule is Cl.NCc1ccc2c(c1)nc(Cn1c(=O)n(CC(F)(F)F)c(=O)c3ccccc31)n2CCCCO.[Ac]. The minimum Gasteiger partial charge on any atom is -0.396 e. The van der Waals surface area contributed by atoms with E-state index in [1.54, 1.807) is 6.07 Å². The third-order valence-electron chi connectivity index (χ3n) is 5.69. The summed E-state index contributed by atoms with van der Waals surface area (Å²) in [5, 5.41) is 9.19. The van der Waals surface area contributed by atoms with Gasteiger partial charge in [-0.05, 0) is 42.7 Å². The van der Waals surface area contributed by atoms with Crippen molar-refractivity contribution in [2.24, 2.45) is 5.73 Å².